The number of rotatable bonds is 3. The van der Waals surface area contributed by atoms with Crippen LogP contribution in [0.2, 0.25) is 0 Å². The zero-order chi connectivity index (χ0) is 17.0. The molecule has 5 nitrogen and oxygen atoms in total. The largest absolute Gasteiger partial charge is 0.405 e. The van der Waals surface area contributed by atoms with Crippen molar-refractivity contribution < 1.29 is 22.8 Å². The fraction of sp³-hybridized carbons (Fsp3) is 0.467. The number of carbonyl (C=O) groups is 2. The Bertz CT molecular complexity index is 596. The smallest absolute Gasteiger partial charge is 0.339 e. The molecule has 0 saturated carbocycles. The Labute approximate surface area is 131 Å². The van der Waals surface area contributed by atoms with Gasteiger partial charge in [0.2, 0.25) is 0 Å². The van der Waals surface area contributed by atoms with Crippen LogP contribution in [0.4, 0.5) is 23.7 Å². The summed E-state index contributed by atoms with van der Waals surface area (Å²) in [6, 6.07) is 3.82. The van der Waals surface area contributed by atoms with Gasteiger partial charge in [0.1, 0.15) is 6.54 Å². The number of hydrogen-bond donors (Lipinski definition) is 2. The molecular weight excluding hydrogens is 311 g/mol. The Morgan fingerprint density at radius 3 is 2.48 bits per heavy atom. The van der Waals surface area contributed by atoms with E-state index in [4.69, 9.17) is 0 Å². The third kappa shape index (κ3) is 4.61. The quantitative estimate of drug-likeness (QED) is 0.896. The molecule has 126 valence electrons. The molecule has 3 amide bonds. The van der Waals surface area contributed by atoms with Gasteiger partial charge in [-0.15, -0.1) is 0 Å². The van der Waals surface area contributed by atoms with Gasteiger partial charge in [0.25, 0.3) is 5.91 Å². The number of likely N-dealkylation sites (tertiary alicyclic amines) is 1. The molecular formula is C15H18F3N3O2. The van der Waals surface area contributed by atoms with Crippen molar-refractivity contribution in [2.75, 3.05) is 25.0 Å². The summed E-state index contributed by atoms with van der Waals surface area (Å²) in [6.07, 6.45) is -2.55. The lowest BCUT2D eigenvalue weighted by Crippen LogP contribution is -2.37. The van der Waals surface area contributed by atoms with Crippen LogP contribution >= 0.6 is 0 Å². The molecule has 0 aromatic heterocycles. The minimum atomic E-state index is -4.47. The third-order valence-electron chi connectivity index (χ3n) is 3.66. The van der Waals surface area contributed by atoms with Crippen molar-refractivity contribution >= 4 is 17.6 Å². The van der Waals surface area contributed by atoms with Crippen LogP contribution in [0.5, 0.6) is 0 Å². The molecule has 1 aliphatic heterocycles. The first-order chi connectivity index (χ1) is 10.8. The van der Waals surface area contributed by atoms with E-state index in [-0.39, 0.29) is 5.91 Å². The van der Waals surface area contributed by atoms with Crippen LogP contribution in [0.15, 0.2) is 18.2 Å². The van der Waals surface area contributed by atoms with Crippen LogP contribution in [0.25, 0.3) is 0 Å². The Morgan fingerprint density at radius 1 is 1.22 bits per heavy atom. The first-order valence-electron chi connectivity index (χ1n) is 7.28. The molecule has 0 radical (unpaired) electrons. The number of benzene rings is 1. The van der Waals surface area contributed by atoms with Crippen molar-refractivity contribution in [1.82, 2.24) is 10.2 Å². The van der Waals surface area contributed by atoms with Crippen molar-refractivity contribution in [3.63, 3.8) is 0 Å². The van der Waals surface area contributed by atoms with E-state index >= 15 is 0 Å². The molecule has 1 fully saturated rings. The van der Waals surface area contributed by atoms with Crippen molar-refractivity contribution in [2.24, 2.45) is 0 Å². The number of urea groups is 1. The van der Waals surface area contributed by atoms with Gasteiger partial charge >= 0.3 is 12.2 Å². The fourth-order valence-electron chi connectivity index (χ4n) is 2.44. The number of nitrogens with zero attached hydrogens (tertiary/aromatic N) is 1. The van der Waals surface area contributed by atoms with Crippen LogP contribution < -0.4 is 10.6 Å². The molecule has 1 heterocycles. The topological polar surface area (TPSA) is 61.4 Å². The van der Waals surface area contributed by atoms with Gasteiger partial charge in [-0.3, -0.25) is 4.79 Å². The highest BCUT2D eigenvalue weighted by Crippen LogP contribution is 2.22. The van der Waals surface area contributed by atoms with Gasteiger partial charge in [0.05, 0.1) is 0 Å². The van der Waals surface area contributed by atoms with Crippen molar-refractivity contribution in [3.05, 3.63) is 29.3 Å². The molecule has 8 heteroatoms. The summed E-state index contributed by atoms with van der Waals surface area (Å²) in [5.74, 6) is -0.126. The van der Waals surface area contributed by atoms with E-state index in [0.717, 1.165) is 12.8 Å². The minimum absolute atomic E-state index is 0.126. The maximum absolute atomic E-state index is 12.4. The number of halogens is 3. The molecule has 0 atom stereocenters. The molecule has 0 bridgehead atoms. The Morgan fingerprint density at radius 2 is 1.87 bits per heavy atom. The summed E-state index contributed by atoms with van der Waals surface area (Å²) in [6.45, 7) is 1.64. The van der Waals surface area contributed by atoms with Crippen LogP contribution in [0.3, 0.4) is 0 Å². The molecule has 1 saturated heterocycles. The van der Waals surface area contributed by atoms with E-state index in [0.29, 0.717) is 29.9 Å². The zero-order valence-electron chi connectivity index (χ0n) is 12.7. The summed E-state index contributed by atoms with van der Waals surface area (Å²) in [5.41, 5.74) is 1.29. The van der Waals surface area contributed by atoms with Gasteiger partial charge in [-0.1, -0.05) is 6.07 Å². The van der Waals surface area contributed by atoms with Crippen LogP contribution in [0, 0.1) is 6.92 Å². The summed E-state index contributed by atoms with van der Waals surface area (Å²) >= 11 is 0. The molecule has 0 unspecified atom stereocenters. The second-order valence-electron chi connectivity index (χ2n) is 5.40. The van der Waals surface area contributed by atoms with Gasteiger partial charge < -0.3 is 15.5 Å². The zero-order valence-corrected chi connectivity index (χ0v) is 12.7. The van der Waals surface area contributed by atoms with Crippen molar-refractivity contribution in [2.45, 2.75) is 25.9 Å². The molecule has 1 aromatic rings. The molecule has 1 aliphatic rings. The number of nitrogens with one attached hydrogen (secondary N) is 2. The Balaban J connectivity index is 2.07. The number of amides is 3. The van der Waals surface area contributed by atoms with E-state index in [1.165, 1.54) is 0 Å². The van der Waals surface area contributed by atoms with E-state index in [2.05, 4.69) is 5.32 Å². The summed E-state index contributed by atoms with van der Waals surface area (Å²) in [7, 11) is 0. The van der Waals surface area contributed by atoms with E-state index in [1.807, 2.05) is 0 Å². The van der Waals surface area contributed by atoms with Crippen LogP contribution in [-0.2, 0) is 0 Å². The number of carbonyl (C=O) groups excluding carboxylic acids is 2. The first kappa shape index (κ1) is 17.1. The normalized spacial score (nSPS) is 14.7. The molecule has 0 spiro atoms. The van der Waals surface area contributed by atoms with Crippen molar-refractivity contribution in [3.8, 4) is 0 Å². The van der Waals surface area contributed by atoms with Crippen LogP contribution in [-0.4, -0.2) is 42.6 Å². The summed E-state index contributed by atoms with van der Waals surface area (Å²) < 4.78 is 36.3. The van der Waals surface area contributed by atoms with Gasteiger partial charge in [0.15, 0.2) is 0 Å². The predicted molar refractivity (Wildman–Crippen MR) is 79.4 cm³/mol. The monoisotopic (exact) mass is 329 g/mol. The standard InChI is InChI=1S/C15H18F3N3O2/c1-10-11(13(22)21-7-2-3-8-21)5-4-6-12(10)20-14(23)19-9-15(16,17)18/h4-6H,2-3,7-9H2,1H3,(H2,19,20,23). The number of anilines is 1. The lowest BCUT2D eigenvalue weighted by Gasteiger charge is -2.18. The molecule has 0 aliphatic carbocycles. The van der Waals surface area contributed by atoms with Gasteiger partial charge in [0, 0.05) is 24.3 Å². The lowest BCUT2D eigenvalue weighted by molar-refractivity contribution is -0.122. The fourth-order valence-corrected chi connectivity index (χ4v) is 2.44. The molecule has 2 rings (SSSR count). The highest BCUT2D eigenvalue weighted by molar-refractivity contribution is 5.99. The summed E-state index contributed by atoms with van der Waals surface area (Å²) in [4.78, 5) is 25.7. The maximum Gasteiger partial charge on any atom is 0.405 e. The Hall–Kier alpha value is -2.25. The average molecular weight is 329 g/mol. The second kappa shape index (κ2) is 6.89. The first-order valence-corrected chi connectivity index (χ1v) is 7.28. The Kier molecular flexibility index (Phi) is 5.12. The highest BCUT2D eigenvalue weighted by Gasteiger charge is 2.28. The number of alkyl halides is 3. The molecule has 2 N–H and O–H groups in total. The highest BCUT2D eigenvalue weighted by atomic mass is 19.4. The van der Waals surface area contributed by atoms with Gasteiger partial charge in [-0.25, -0.2) is 4.79 Å². The SMILES string of the molecule is Cc1c(NC(=O)NCC(F)(F)F)cccc1C(=O)N1CCCC1. The molecule has 23 heavy (non-hydrogen) atoms. The van der Waals surface area contributed by atoms with E-state index in [1.54, 1.807) is 35.3 Å². The number of hydrogen-bond acceptors (Lipinski definition) is 2. The van der Waals surface area contributed by atoms with Gasteiger partial charge in [-0.05, 0) is 37.5 Å². The average Bonchev–Trinajstić information content (AvgIpc) is 3.00. The van der Waals surface area contributed by atoms with Crippen LogP contribution in [0.1, 0.15) is 28.8 Å². The third-order valence-corrected chi connectivity index (χ3v) is 3.66. The predicted octanol–water partition coefficient (Wildman–Crippen LogP) is 2.91. The lowest BCUT2D eigenvalue weighted by atomic mass is 10.1. The van der Waals surface area contributed by atoms with Crippen molar-refractivity contribution in [1.29, 1.82) is 0 Å². The van der Waals surface area contributed by atoms with Gasteiger partial charge in [-0.2, -0.15) is 13.2 Å². The maximum atomic E-state index is 12.4. The van der Waals surface area contributed by atoms with E-state index < -0.39 is 18.8 Å². The van der Waals surface area contributed by atoms with E-state index in [9.17, 15) is 22.8 Å². The molecule has 1 aromatic carbocycles. The summed E-state index contributed by atoms with van der Waals surface area (Å²) in [5, 5.41) is 4.08. The minimum Gasteiger partial charge on any atom is -0.339 e. The second-order valence-corrected chi connectivity index (χ2v) is 5.40.